The lowest BCUT2D eigenvalue weighted by molar-refractivity contribution is 0.171. The van der Waals surface area contributed by atoms with E-state index < -0.39 is 0 Å². The van der Waals surface area contributed by atoms with Crippen molar-refractivity contribution in [3.8, 4) is 0 Å². The van der Waals surface area contributed by atoms with Gasteiger partial charge < -0.3 is 4.90 Å². The Labute approximate surface area is 109 Å². The van der Waals surface area contributed by atoms with E-state index in [1.54, 1.807) is 0 Å². The Kier molecular flexibility index (Phi) is 7.67. The summed E-state index contributed by atoms with van der Waals surface area (Å²) in [6, 6.07) is 0.778. The Bertz CT molecular complexity index is 165. The van der Waals surface area contributed by atoms with Crippen LogP contribution in [0.25, 0.3) is 0 Å². The summed E-state index contributed by atoms with van der Waals surface area (Å²) in [6.45, 7) is 11.0. The molecule has 2 nitrogen and oxygen atoms in total. The highest BCUT2D eigenvalue weighted by atomic mass is 79.9. The van der Waals surface area contributed by atoms with Crippen LogP contribution in [-0.4, -0.2) is 53.9 Å². The van der Waals surface area contributed by atoms with Crippen molar-refractivity contribution >= 4 is 15.9 Å². The van der Waals surface area contributed by atoms with Gasteiger partial charge in [-0.3, -0.25) is 4.90 Å². The van der Waals surface area contributed by atoms with E-state index >= 15 is 0 Å². The van der Waals surface area contributed by atoms with Gasteiger partial charge in [0, 0.05) is 31.0 Å². The third kappa shape index (κ3) is 4.72. The van der Waals surface area contributed by atoms with Crippen LogP contribution >= 0.6 is 15.9 Å². The molecule has 0 unspecified atom stereocenters. The Balaban J connectivity index is 2.30. The zero-order valence-corrected chi connectivity index (χ0v) is 12.5. The standard InChI is InChI=1S/C13H27BrN2/c1-3-13(4-2)16(10-7-14)12-11-15-8-5-6-9-15/h13H,3-12H2,1-2H3. The minimum atomic E-state index is 0.778. The second-order valence-corrected chi connectivity index (χ2v) is 5.54. The first-order valence-corrected chi connectivity index (χ1v) is 7.96. The Morgan fingerprint density at radius 2 is 1.75 bits per heavy atom. The molecule has 0 atom stereocenters. The van der Waals surface area contributed by atoms with E-state index in [1.165, 1.54) is 58.4 Å². The average molecular weight is 291 g/mol. The number of hydrogen-bond donors (Lipinski definition) is 0. The molecule has 1 aliphatic rings. The highest BCUT2D eigenvalue weighted by Gasteiger charge is 2.17. The van der Waals surface area contributed by atoms with Crippen LogP contribution in [0.3, 0.4) is 0 Å². The number of alkyl halides is 1. The second kappa shape index (κ2) is 8.48. The van der Waals surface area contributed by atoms with Crippen LogP contribution in [0.1, 0.15) is 39.5 Å². The molecule has 0 spiro atoms. The lowest BCUT2D eigenvalue weighted by atomic mass is 10.1. The van der Waals surface area contributed by atoms with E-state index in [1.807, 2.05) is 0 Å². The maximum absolute atomic E-state index is 3.57. The van der Waals surface area contributed by atoms with Crippen LogP contribution in [-0.2, 0) is 0 Å². The number of rotatable bonds is 8. The molecule has 0 saturated carbocycles. The van der Waals surface area contributed by atoms with Gasteiger partial charge in [0.25, 0.3) is 0 Å². The smallest absolute Gasteiger partial charge is 0.0159 e. The fourth-order valence-electron chi connectivity index (χ4n) is 2.67. The fraction of sp³-hybridized carbons (Fsp3) is 1.00. The van der Waals surface area contributed by atoms with E-state index in [9.17, 15) is 0 Å². The van der Waals surface area contributed by atoms with Crippen LogP contribution < -0.4 is 0 Å². The van der Waals surface area contributed by atoms with Crippen LogP contribution in [0, 0.1) is 0 Å². The monoisotopic (exact) mass is 290 g/mol. The lowest BCUT2D eigenvalue weighted by Gasteiger charge is -2.31. The molecule has 16 heavy (non-hydrogen) atoms. The predicted octanol–water partition coefficient (Wildman–Crippen LogP) is 2.97. The van der Waals surface area contributed by atoms with Crippen molar-refractivity contribution in [3.63, 3.8) is 0 Å². The summed E-state index contributed by atoms with van der Waals surface area (Å²) in [4.78, 5) is 5.27. The summed E-state index contributed by atoms with van der Waals surface area (Å²) >= 11 is 3.57. The van der Waals surface area contributed by atoms with E-state index in [4.69, 9.17) is 0 Å². The zero-order chi connectivity index (χ0) is 11.8. The Morgan fingerprint density at radius 3 is 2.25 bits per heavy atom. The number of nitrogens with zero attached hydrogens (tertiary/aromatic N) is 2. The summed E-state index contributed by atoms with van der Waals surface area (Å²) in [7, 11) is 0. The van der Waals surface area contributed by atoms with Crippen molar-refractivity contribution in [3.05, 3.63) is 0 Å². The molecule has 0 aromatic rings. The van der Waals surface area contributed by atoms with E-state index in [-0.39, 0.29) is 0 Å². The fourth-order valence-corrected chi connectivity index (χ4v) is 3.12. The summed E-state index contributed by atoms with van der Waals surface area (Å²) in [6.07, 6.45) is 5.37. The molecule has 0 aromatic carbocycles. The van der Waals surface area contributed by atoms with Crippen LogP contribution in [0.15, 0.2) is 0 Å². The molecular weight excluding hydrogens is 264 g/mol. The number of hydrogen-bond acceptors (Lipinski definition) is 2. The number of halogens is 1. The maximum Gasteiger partial charge on any atom is 0.0159 e. The maximum atomic E-state index is 3.57. The van der Waals surface area contributed by atoms with Gasteiger partial charge in [0.2, 0.25) is 0 Å². The molecule has 96 valence electrons. The van der Waals surface area contributed by atoms with Gasteiger partial charge in [0.1, 0.15) is 0 Å². The molecule has 3 heteroatoms. The molecule has 0 bridgehead atoms. The minimum Gasteiger partial charge on any atom is -0.302 e. The minimum absolute atomic E-state index is 0.778. The van der Waals surface area contributed by atoms with Gasteiger partial charge in [0.05, 0.1) is 0 Å². The van der Waals surface area contributed by atoms with Gasteiger partial charge in [-0.15, -0.1) is 0 Å². The molecule has 0 aliphatic carbocycles. The van der Waals surface area contributed by atoms with Crippen LogP contribution in [0.4, 0.5) is 0 Å². The SMILES string of the molecule is CCC(CC)N(CCBr)CCN1CCCC1. The van der Waals surface area contributed by atoms with E-state index in [0.717, 1.165) is 11.4 Å². The Morgan fingerprint density at radius 1 is 1.12 bits per heavy atom. The van der Waals surface area contributed by atoms with Gasteiger partial charge >= 0.3 is 0 Å². The van der Waals surface area contributed by atoms with E-state index in [2.05, 4.69) is 39.6 Å². The van der Waals surface area contributed by atoms with Crippen molar-refractivity contribution < 1.29 is 0 Å². The summed E-state index contributed by atoms with van der Waals surface area (Å²) in [5.41, 5.74) is 0. The van der Waals surface area contributed by atoms with Crippen molar-refractivity contribution in [2.45, 2.75) is 45.6 Å². The quantitative estimate of drug-likeness (QED) is 0.634. The van der Waals surface area contributed by atoms with Crippen molar-refractivity contribution in [2.75, 3.05) is 38.1 Å². The van der Waals surface area contributed by atoms with Gasteiger partial charge in [0.15, 0.2) is 0 Å². The molecule has 0 amide bonds. The first-order chi connectivity index (χ1) is 7.81. The lowest BCUT2D eigenvalue weighted by Crippen LogP contribution is -2.41. The molecular formula is C13H27BrN2. The molecule has 1 rings (SSSR count). The third-order valence-corrected chi connectivity index (χ3v) is 4.09. The molecule has 1 saturated heterocycles. The third-order valence-electron chi connectivity index (χ3n) is 3.73. The van der Waals surface area contributed by atoms with Gasteiger partial charge in [-0.05, 0) is 38.8 Å². The summed E-state index contributed by atoms with van der Waals surface area (Å²) < 4.78 is 0. The average Bonchev–Trinajstić information content (AvgIpc) is 2.80. The van der Waals surface area contributed by atoms with Crippen LogP contribution in [0.5, 0.6) is 0 Å². The van der Waals surface area contributed by atoms with E-state index in [0.29, 0.717) is 0 Å². The molecule has 0 N–H and O–H groups in total. The molecule has 1 fully saturated rings. The highest BCUT2D eigenvalue weighted by Crippen LogP contribution is 2.11. The number of likely N-dealkylation sites (tertiary alicyclic amines) is 1. The molecule has 0 radical (unpaired) electrons. The first kappa shape index (κ1) is 14.5. The van der Waals surface area contributed by atoms with Gasteiger partial charge in [-0.25, -0.2) is 0 Å². The van der Waals surface area contributed by atoms with Gasteiger partial charge in [-0.1, -0.05) is 29.8 Å². The van der Waals surface area contributed by atoms with Crippen molar-refractivity contribution in [2.24, 2.45) is 0 Å². The zero-order valence-electron chi connectivity index (χ0n) is 10.9. The second-order valence-electron chi connectivity index (χ2n) is 4.74. The van der Waals surface area contributed by atoms with Crippen molar-refractivity contribution in [1.29, 1.82) is 0 Å². The molecule has 1 aliphatic heterocycles. The van der Waals surface area contributed by atoms with Gasteiger partial charge in [-0.2, -0.15) is 0 Å². The largest absolute Gasteiger partial charge is 0.302 e. The molecule has 1 heterocycles. The van der Waals surface area contributed by atoms with Crippen LogP contribution in [0.2, 0.25) is 0 Å². The topological polar surface area (TPSA) is 6.48 Å². The molecule has 0 aromatic heterocycles. The highest BCUT2D eigenvalue weighted by molar-refractivity contribution is 9.09. The predicted molar refractivity (Wildman–Crippen MR) is 75.4 cm³/mol. The summed E-state index contributed by atoms with van der Waals surface area (Å²) in [5.74, 6) is 0. The normalized spacial score (nSPS) is 17.8. The summed E-state index contributed by atoms with van der Waals surface area (Å²) in [5, 5.41) is 1.10. The van der Waals surface area contributed by atoms with Crippen molar-refractivity contribution in [1.82, 2.24) is 9.80 Å². The Hall–Kier alpha value is 0.400. The first-order valence-electron chi connectivity index (χ1n) is 6.84.